The summed E-state index contributed by atoms with van der Waals surface area (Å²) in [7, 11) is 0. The van der Waals surface area contributed by atoms with Crippen LogP contribution in [-0.2, 0) is 4.74 Å². The van der Waals surface area contributed by atoms with Gasteiger partial charge in [-0.2, -0.15) is 0 Å². The lowest BCUT2D eigenvalue weighted by molar-refractivity contribution is 0.106. The van der Waals surface area contributed by atoms with Crippen molar-refractivity contribution < 1.29 is 9.53 Å². The number of rotatable bonds is 0. The predicted molar refractivity (Wildman–Crippen MR) is 57.6 cm³/mol. The topological polar surface area (TPSA) is 50.4 Å². The summed E-state index contributed by atoms with van der Waals surface area (Å²) >= 11 is 0. The van der Waals surface area contributed by atoms with Gasteiger partial charge in [0.25, 0.3) is 0 Å². The van der Waals surface area contributed by atoms with Gasteiger partial charge in [0.05, 0.1) is 0 Å². The highest BCUT2D eigenvalue weighted by molar-refractivity contribution is 5.70. The summed E-state index contributed by atoms with van der Waals surface area (Å²) in [6.07, 6.45) is 4.12. The van der Waals surface area contributed by atoms with Gasteiger partial charge in [-0.05, 0) is 55.2 Å². The maximum absolute atomic E-state index is 11.2. The van der Waals surface area contributed by atoms with Crippen molar-refractivity contribution in [3.05, 3.63) is 11.8 Å². The maximum Gasteiger partial charge on any atom is 0.411 e. The normalized spacial score (nSPS) is 48.9. The zero-order valence-corrected chi connectivity index (χ0v) is 9.11. The predicted octanol–water partition coefficient (Wildman–Crippen LogP) is 0.854. The summed E-state index contributed by atoms with van der Waals surface area (Å²) in [4.78, 5) is 11.2. The van der Waals surface area contributed by atoms with Gasteiger partial charge < -0.3 is 10.1 Å². The molecule has 16 heavy (non-hydrogen) atoms. The fourth-order valence-electron chi connectivity index (χ4n) is 4.32. The molecule has 5 unspecified atom stereocenters. The molecule has 4 rings (SSSR count). The highest BCUT2D eigenvalue weighted by atomic mass is 16.6. The molecule has 3 fully saturated rings. The van der Waals surface area contributed by atoms with E-state index in [-0.39, 0.29) is 12.2 Å². The lowest BCUT2D eigenvalue weighted by Crippen LogP contribution is -2.36. The lowest BCUT2D eigenvalue weighted by Gasteiger charge is -2.27. The van der Waals surface area contributed by atoms with E-state index in [0.717, 1.165) is 37.3 Å². The third-order valence-corrected chi connectivity index (χ3v) is 4.84. The molecule has 2 bridgehead atoms. The van der Waals surface area contributed by atoms with Crippen molar-refractivity contribution in [2.45, 2.75) is 18.9 Å². The highest BCUT2D eigenvalue weighted by Gasteiger charge is 2.54. The molecule has 2 heterocycles. The van der Waals surface area contributed by atoms with E-state index in [1.54, 1.807) is 0 Å². The number of fused-ring (bicyclic) bond motifs is 7. The number of hydrogen-bond acceptors (Lipinski definition) is 3. The molecule has 2 aliphatic heterocycles. The van der Waals surface area contributed by atoms with Crippen LogP contribution < -0.4 is 10.6 Å². The molecule has 4 heteroatoms. The Morgan fingerprint density at radius 2 is 2.12 bits per heavy atom. The molecule has 0 aromatic heterocycles. The fraction of sp³-hybridized carbons (Fsp3) is 0.750. The smallest absolute Gasteiger partial charge is 0.411 e. The number of carbonyl (C=O) groups excluding carboxylic acids is 1. The average molecular weight is 220 g/mol. The number of ether oxygens (including phenoxy) is 1. The molecular formula is C12H16N2O2. The Morgan fingerprint density at radius 1 is 1.25 bits per heavy atom. The summed E-state index contributed by atoms with van der Waals surface area (Å²) in [5.74, 6) is 2.96. The second kappa shape index (κ2) is 3.00. The maximum atomic E-state index is 11.2. The summed E-state index contributed by atoms with van der Waals surface area (Å²) in [6.45, 7) is 2.29. The minimum absolute atomic E-state index is 0.0761. The molecule has 4 nitrogen and oxygen atoms in total. The van der Waals surface area contributed by atoms with Gasteiger partial charge in [0.15, 0.2) is 0 Å². The zero-order chi connectivity index (χ0) is 10.7. The highest BCUT2D eigenvalue weighted by Crippen LogP contribution is 2.55. The Morgan fingerprint density at radius 3 is 3.06 bits per heavy atom. The Hall–Kier alpha value is -1.03. The van der Waals surface area contributed by atoms with E-state index in [2.05, 4.69) is 10.6 Å². The number of nitrogens with one attached hydrogen (secondary N) is 2. The van der Waals surface area contributed by atoms with E-state index in [4.69, 9.17) is 4.74 Å². The number of alkyl carbamates (subject to hydrolysis) is 1. The van der Waals surface area contributed by atoms with Crippen molar-refractivity contribution in [2.24, 2.45) is 23.7 Å². The Bertz CT molecular complexity index is 379. The van der Waals surface area contributed by atoms with E-state index in [0.29, 0.717) is 5.92 Å². The van der Waals surface area contributed by atoms with Crippen LogP contribution in [0.5, 0.6) is 0 Å². The third-order valence-electron chi connectivity index (χ3n) is 4.84. The van der Waals surface area contributed by atoms with E-state index in [1.807, 2.05) is 6.20 Å². The molecule has 2 aliphatic carbocycles. The van der Waals surface area contributed by atoms with E-state index < -0.39 is 0 Å². The first-order chi connectivity index (χ1) is 7.83. The van der Waals surface area contributed by atoms with Crippen molar-refractivity contribution in [3.8, 4) is 0 Å². The molecule has 0 spiro atoms. The van der Waals surface area contributed by atoms with Gasteiger partial charge >= 0.3 is 6.09 Å². The van der Waals surface area contributed by atoms with Gasteiger partial charge in [0.2, 0.25) is 0 Å². The fourth-order valence-corrected chi connectivity index (χ4v) is 4.32. The van der Waals surface area contributed by atoms with Crippen molar-refractivity contribution in [2.75, 3.05) is 13.1 Å². The first-order valence-corrected chi connectivity index (χ1v) is 6.21. The molecule has 4 aliphatic rings. The molecule has 0 aromatic carbocycles. The van der Waals surface area contributed by atoms with Crippen molar-refractivity contribution in [1.82, 2.24) is 10.6 Å². The van der Waals surface area contributed by atoms with Gasteiger partial charge in [-0.3, -0.25) is 5.32 Å². The summed E-state index contributed by atoms with van der Waals surface area (Å²) in [5.41, 5.74) is 1.35. The van der Waals surface area contributed by atoms with Crippen molar-refractivity contribution in [3.63, 3.8) is 0 Å². The van der Waals surface area contributed by atoms with Gasteiger partial charge in [-0.1, -0.05) is 0 Å². The first kappa shape index (κ1) is 9.05. The van der Waals surface area contributed by atoms with E-state index in [9.17, 15) is 4.79 Å². The summed E-state index contributed by atoms with van der Waals surface area (Å²) < 4.78 is 5.37. The Balaban J connectivity index is 1.71. The van der Waals surface area contributed by atoms with Gasteiger partial charge in [0, 0.05) is 6.20 Å². The minimum atomic E-state index is -0.281. The summed E-state index contributed by atoms with van der Waals surface area (Å²) in [5, 5.41) is 6.23. The van der Waals surface area contributed by atoms with E-state index in [1.165, 1.54) is 12.0 Å². The van der Waals surface area contributed by atoms with Crippen LogP contribution in [0.1, 0.15) is 12.8 Å². The van der Waals surface area contributed by atoms with Crippen LogP contribution in [-0.4, -0.2) is 25.3 Å². The molecule has 2 N–H and O–H groups in total. The second-order valence-electron chi connectivity index (χ2n) is 5.52. The standard InChI is InChI=1S/C12H16N2O2/c15-12-14-5-9-10(16-12)2-8-6-1-7(11(8)9)4-13-3-6/h5-8,10-11,13H,1-4H2,(H,14,15). The van der Waals surface area contributed by atoms with Crippen LogP contribution in [0.25, 0.3) is 0 Å². The van der Waals surface area contributed by atoms with Crippen LogP contribution in [0.3, 0.4) is 0 Å². The lowest BCUT2D eigenvalue weighted by atomic mass is 9.89. The third kappa shape index (κ3) is 1.05. The number of piperidine rings is 1. The van der Waals surface area contributed by atoms with Crippen LogP contribution in [0, 0.1) is 23.7 Å². The molecular weight excluding hydrogens is 204 g/mol. The van der Waals surface area contributed by atoms with Crippen LogP contribution >= 0.6 is 0 Å². The van der Waals surface area contributed by atoms with Crippen molar-refractivity contribution >= 4 is 6.09 Å². The van der Waals surface area contributed by atoms with Crippen LogP contribution in [0.4, 0.5) is 4.79 Å². The number of amides is 1. The van der Waals surface area contributed by atoms with Crippen molar-refractivity contribution in [1.29, 1.82) is 0 Å². The molecule has 86 valence electrons. The minimum Gasteiger partial charge on any atom is -0.441 e. The monoisotopic (exact) mass is 220 g/mol. The molecule has 0 aromatic rings. The molecule has 0 radical (unpaired) electrons. The largest absolute Gasteiger partial charge is 0.441 e. The van der Waals surface area contributed by atoms with Crippen LogP contribution in [0.2, 0.25) is 0 Å². The molecule has 1 saturated heterocycles. The molecule has 1 amide bonds. The average Bonchev–Trinajstić information content (AvgIpc) is 2.76. The summed E-state index contributed by atoms with van der Waals surface area (Å²) in [6, 6.07) is 0. The van der Waals surface area contributed by atoms with Gasteiger partial charge in [0.1, 0.15) is 6.10 Å². The van der Waals surface area contributed by atoms with Gasteiger partial charge in [-0.15, -0.1) is 0 Å². The Kier molecular flexibility index (Phi) is 1.70. The quantitative estimate of drug-likeness (QED) is 0.636. The molecule has 2 saturated carbocycles. The van der Waals surface area contributed by atoms with E-state index >= 15 is 0 Å². The first-order valence-electron chi connectivity index (χ1n) is 6.21. The second-order valence-corrected chi connectivity index (χ2v) is 5.52. The number of hydrogen-bond donors (Lipinski definition) is 2. The van der Waals surface area contributed by atoms with Gasteiger partial charge in [-0.25, -0.2) is 4.79 Å². The SMILES string of the molecule is O=C1NC=C2C(CC3C4CNCC(C4)C23)O1. The molecule has 5 atom stereocenters. The Labute approximate surface area is 94.4 Å². The number of carbonyl (C=O) groups is 1. The van der Waals surface area contributed by atoms with Crippen LogP contribution in [0.15, 0.2) is 11.8 Å². The zero-order valence-electron chi connectivity index (χ0n) is 9.11.